The third kappa shape index (κ3) is 3.54. The van der Waals surface area contributed by atoms with Gasteiger partial charge in [0.2, 0.25) is 0 Å². The number of hydrogen-bond donors (Lipinski definition) is 1. The molecule has 1 aromatic carbocycles. The molecule has 1 aromatic rings. The summed E-state index contributed by atoms with van der Waals surface area (Å²) >= 11 is 3.54. The zero-order valence-corrected chi connectivity index (χ0v) is 11.2. The smallest absolute Gasteiger partial charge is 0.303 e. The standard InChI is InChI=1S/C13H16BrNO2/c14-12-4-2-1-3-11(12)9-15-6-5-10(8-15)7-13(16)17/h1-4,10H,5-9H2,(H,16,17). The number of hydrogen-bond acceptors (Lipinski definition) is 2. The third-order valence-corrected chi connectivity index (χ3v) is 3.96. The number of carboxylic acid groups (broad SMARTS) is 1. The highest BCUT2D eigenvalue weighted by atomic mass is 79.9. The highest BCUT2D eigenvalue weighted by Crippen LogP contribution is 2.24. The first-order chi connectivity index (χ1) is 8.15. The molecule has 4 heteroatoms. The van der Waals surface area contributed by atoms with E-state index in [9.17, 15) is 4.79 Å². The number of halogens is 1. The van der Waals surface area contributed by atoms with Gasteiger partial charge in [0.05, 0.1) is 0 Å². The van der Waals surface area contributed by atoms with Crippen molar-refractivity contribution < 1.29 is 9.90 Å². The van der Waals surface area contributed by atoms with Crippen LogP contribution in [-0.4, -0.2) is 29.1 Å². The normalized spacial score (nSPS) is 20.6. The molecule has 1 heterocycles. The van der Waals surface area contributed by atoms with E-state index in [0.717, 1.165) is 30.5 Å². The molecular formula is C13H16BrNO2. The second-order valence-electron chi connectivity index (χ2n) is 4.58. The van der Waals surface area contributed by atoms with Crippen molar-refractivity contribution in [2.45, 2.75) is 19.4 Å². The van der Waals surface area contributed by atoms with Crippen molar-refractivity contribution in [2.75, 3.05) is 13.1 Å². The fourth-order valence-corrected chi connectivity index (χ4v) is 2.75. The molecule has 3 nitrogen and oxygen atoms in total. The van der Waals surface area contributed by atoms with Crippen LogP contribution in [0.1, 0.15) is 18.4 Å². The molecule has 2 rings (SSSR count). The molecule has 0 spiro atoms. The van der Waals surface area contributed by atoms with E-state index >= 15 is 0 Å². The summed E-state index contributed by atoms with van der Waals surface area (Å²) < 4.78 is 1.13. The zero-order valence-electron chi connectivity index (χ0n) is 9.60. The third-order valence-electron chi connectivity index (χ3n) is 3.19. The van der Waals surface area contributed by atoms with Gasteiger partial charge in [-0.1, -0.05) is 34.1 Å². The Morgan fingerprint density at radius 2 is 2.24 bits per heavy atom. The van der Waals surface area contributed by atoms with E-state index < -0.39 is 5.97 Å². The van der Waals surface area contributed by atoms with E-state index in [-0.39, 0.29) is 0 Å². The number of aliphatic carboxylic acids is 1. The molecule has 1 unspecified atom stereocenters. The summed E-state index contributed by atoms with van der Waals surface area (Å²) in [4.78, 5) is 13.0. The number of carboxylic acids is 1. The molecule has 0 saturated carbocycles. The van der Waals surface area contributed by atoms with Crippen molar-refractivity contribution in [2.24, 2.45) is 5.92 Å². The molecule has 0 aliphatic carbocycles. The number of likely N-dealkylation sites (tertiary alicyclic amines) is 1. The van der Waals surface area contributed by atoms with Gasteiger partial charge in [-0.15, -0.1) is 0 Å². The average Bonchev–Trinajstić information content (AvgIpc) is 2.68. The van der Waals surface area contributed by atoms with Crippen LogP contribution in [0.2, 0.25) is 0 Å². The Morgan fingerprint density at radius 1 is 1.47 bits per heavy atom. The van der Waals surface area contributed by atoms with E-state index in [1.807, 2.05) is 18.2 Å². The number of carbonyl (C=O) groups is 1. The van der Waals surface area contributed by atoms with Gasteiger partial charge in [-0.25, -0.2) is 0 Å². The predicted molar refractivity (Wildman–Crippen MR) is 69.8 cm³/mol. The van der Waals surface area contributed by atoms with E-state index in [1.54, 1.807) is 0 Å². The minimum absolute atomic E-state index is 0.298. The van der Waals surface area contributed by atoms with Crippen LogP contribution in [0.3, 0.4) is 0 Å². The molecule has 1 N–H and O–H groups in total. The van der Waals surface area contributed by atoms with Gasteiger partial charge in [-0.05, 0) is 30.5 Å². The van der Waals surface area contributed by atoms with Crippen molar-refractivity contribution >= 4 is 21.9 Å². The summed E-state index contributed by atoms with van der Waals surface area (Å²) in [5.41, 5.74) is 1.27. The Balaban J connectivity index is 1.90. The minimum atomic E-state index is -0.683. The van der Waals surface area contributed by atoms with Crippen molar-refractivity contribution in [3.63, 3.8) is 0 Å². The molecule has 0 amide bonds. The zero-order chi connectivity index (χ0) is 12.3. The van der Waals surface area contributed by atoms with E-state index in [2.05, 4.69) is 26.9 Å². The second kappa shape index (κ2) is 5.65. The average molecular weight is 298 g/mol. The first-order valence-corrected chi connectivity index (χ1v) is 6.62. The van der Waals surface area contributed by atoms with Gasteiger partial charge in [-0.3, -0.25) is 9.69 Å². The molecule has 1 saturated heterocycles. The largest absolute Gasteiger partial charge is 0.481 e. The number of benzene rings is 1. The molecule has 1 aliphatic rings. The van der Waals surface area contributed by atoms with Gasteiger partial charge < -0.3 is 5.11 Å². The maximum atomic E-state index is 10.6. The quantitative estimate of drug-likeness (QED) is 0.929. The second-order valence-corrected chi connectivity index (χ2v) is 5.43. The lowest BCUT2D eigenvalue weighted by Gasteiger charge is -2.16. The van der Waals surface area contributed by atoms with E-state index in [4.69, 9.17) is 5.11 Å². The highest BCUT2D eigenvalue weighted by Gasteiger charge is 2.24. The van der Waals surface area contributed by atoms with Crippen molar-refractivity contribution in [1.29, 1.82) is 0 Å². The first-order valence-electron chi connectivity index (χ1n) is 5.82. The van der Waals surface area contributed by atoms with Crippen LogP contribution in [0, 0.1) is 5.92 Å². The molecule has 0 aromatic heterocycles. The van der Waals surface area contributed by atoms with Crippen molar-refractivity contribution in [3.05, 3.63) is 34.3 Å². The van der Waals surface area contributed by atoms with Gasteiger partial charge in [0.15, 0.2) is 0 Å². The molecule has 1 atom stereocenters. The summed E-state index contributed by atoms with van der Waals surface area (Å²) in [6.07, 6.45) is 1.29. The maximum absolute atomic E-state index is 10.6. The summed E-state index contributed by atoms with van der Waals surface area (Å²) in [6.45, 7) is 2.80. The summed E-state index contributed by atoms with van der Waals surface area (Å²) in [5, 5.41) is 8.77. The Labute approximate surface area is 110 Å². The molecular weight excluding hydrogens is 282 g/mol. The SMILES string of the molecule is O=C(O)CC1CCN(Cc2ccccc2Br)C1. The van der Waals surface area contributed by atoms with Gasteiger partial charge in [0.1, 0.15) is 0 Å². The lowest BCUT2D eigenvalue weighted by molar-refractivity contribution is -0.138. The molecule has 92 valence electrons. The Morgan fingerprint density at radius 3 is 2.94 bits per heavy atom. The van der Waals surface area contributed by atoms with E-state index in [0.29, 0.717) is 12.3 Å². The van der Waals surface area contributed by atoms with Crippen molar-refractivity contribution in [1.82, 2.24) is 4.90 Å². The van der Waals surface area contributed by atoms with Crippen LogP contribution in [0.4, 0.5) is 0 Å². The summed E-state index contributed by atoms with van der Waals surface area (Å²) in [5.74, 6) is -0.368. The maximum Gasteiger partial charge on any atom is 0.303 e. The summed E-state index contributed by atoms with van der Waals surface area (Å²) in [6, 6.07) is 8.18. The Bertz CT molecular complexity index is 408. The van der Waals surface area contributed by atoms with Gasteiger partial charge in [0, 0.05) is 24.0 Å². The first kappa shape index (κ1) is 12.6. The molecule has 17 heavy (non-hydrogen) atoms. The lowest BCUT2D eigenvalue weighted by atomic mass is 10.1. The van der Waals surface area contributed by atoms with Crippen LogP contribution < -0.4 is 0 Å². The Hall–Kier alpha value is -0.870. The molecule has 0 radical (unpaired) electrons. The monoisotopic (exact) mass is 297 g/mol. The van der Waals surface area contributed by atoms with Crippen LogP contribution >= 0.6 is 15.9 Å². The fourth-order valence-electron chi connectivity index (χ4n) is 2.34. The molecule has 0 bridgehead atoms. The van der Waals surface area contributed by atoms with Crippen molar-refractivity contribution in [3.8, 4) is 0 Å². The topological polar surface area (TPSA) is 40.5 Å². The minimum Gasteiger partial charge on any atom is -0.481 e. The van der Waals surface area contributed by atoms with Crippen LogP contribution in [0.5, 0.6) is 0 Å². The number of nitrogens with zero attached hydrogens (tertiary/aromatic N) is 1. The van der Waals surface area contributed by atoms with Crippen LogP contribution in [-0.2, 0) is 11.3 Å². The van der Waals surface area contributed by atoms with Gasteiger partial charge >= 0.3 is 5.97 Å². The summed E-state index contributed by atoms with van der Waals surface area (Å²) in [7, 11) is 0. The fraction of sp³-hybridized carbons (Fsp3) is 0.462. The number of rotatable bonds is 4. The lowest BCUT2D eigenvalue weighted by Crippen LogP contribution is -2.21. The molecule has 1 aliphatic heterocycles. The van der Waals surface area contributed by atoms with Gasteiger partial charge in [-0.2, -0.15) is 0 Å². The van der Waals surface area contributed by atoms with Gasteiger partial charge in [0.25, 0.3) is 0 Å². The van der Waals surface area contributed by atoms with E-state index in [1.165, 1.54) is 5.56 Å². The van der Waals surface area contributed by atoms with Crippen LogP contribution in [0.15, 0.2) is 28.7 Å². The Kier molecular flexibility index (Phi) is 4.18. The van der Waals surface area contributed by atoms with Crippen LogP contribution in [0.25, 0.3) is 0 Å². The highest BCUT2D eigenvalue weighted by molar-refractivity contribution is 9.10. The molecule has 1 fully saturated rings. The predicted octanol–water partition coefficient (Wildman–Crippen LogP) is 2.75.